The number of benzene rings is 2. The number of Topliss-reactive ketones (excluding diaryl/α,β-unsaturated/α-hetero) is 1. The highest BCUT2D eigenvalue weighted by atomic mass is 19.1. The Balaban J connectivity index is 0.00000301. The Bertz CT molecular complexity index is 1300. The average Bonchev–Trinajstić information content (AvgIpc) is 3.14. The van der Waals surface area contributed by atoms with Gasteiger partial charge in [-0.1, -0.05) is 34.6 Å². The SMILES string of the molecule is CC.CCOc1cc2c(c(F)c1OCC)C(=N)N(CC(=O)c1cc(C(=O)NCC(O)CO)cc(C(C)(C)C)c1)C2(C)C. The van der Waals surface area contributed by atoms with Gasteiger partial charge in [-0.2, -0.15) is 0 Å². The monoisotopic (exact) mass is 587 g/mol. The minimum absolute atomic E-state index is 0.0586. The molecule has 2 aromatic carbocycles. The van der Waals surface area contributed by atoms with Gasteiger partial charge in [0.05, 0.1) is 43.6 Å². The molecular formula is C32H46FN3O6. The Morgan fingerprint density at radius 2 is 1.67 bits per heavy atom. The number of amides is 1. The third-order valence-electron chi connectivity index (χ3n) is 7.01. The first-order valence-electron chi connectivity index (χ1n) is 14.4. The van der Waals surface area contributed by atoms with Gasteiger partial charge in [-0.15, -0.1) is 0 Å². The molecule has 1 unspecified atom stereocenters. The van der Waals surface area contributed by atoms with E-state index in [2.05, 4.69) is 5.32 Å². The number of halogens is 1. The lowest BCUT2D eigenvalue weighted by molar-refractivity contribution is 0.0802. The highest BCUT2D eigenvalue weighted by molar-refractivity contribution is 6.07. The first-order valence-corrected chi connectivity index (χ1v) is 14.4. The van der Waals surface area contributed by atoms with Gasteiger partial charge in [0.25, 0.3) is 5.91 Å². The van der Waals surface area contributed by atoms with Crippen molar-refractivity contribution < 1.29 is 33.7 Å². The molecule has 42 heavy (non-hydrogen) atoms. The predicted octanol–water partition coefficient (Wildman–Crippen LogP) is 4.79. The van der Waals surface area contributed by atoms with E-state index in [0.29, 0.717) is 12.2 Å². The van der Waals surface area contributed by atoms with Crippen LogP contribution in [0.5, 0.6) is 11.5 Å². The molecule has 0 aromatic heterocycles. The van der Waals surface area contributed by atoms with Gasteiger partial charge in [0, 0.05) is 17.7 Å². The molecule has 1 atom stereocenters. The number of nitrogens with one attached hydrogen (secondary N) is 2. The van der Waals surface area contributed by atoms with E-state index in [4.69, 9.17) is 20.0 Å². The lowest BCUT2D eigenvalue weighted by Gasteiger charge is -2.33. The van der Waals surface area contributed by atoms with Crippen molar-refractivity contribution in [2.24, 2.45) is 0 Å². The minimum atomic E-state index is -1.10. The molecule has 3 rings (SSSR count). The Labute approximate surface area is 248 Å². The summed E-state index contributed by atoms with van der Waals surface area (Å²) in [5.74, 6) is -1.50. The van der Waals surface area contributed by atoms with Crippen LogP contribution >= 0.6 is 0 Å². The average molecular weight is 588 g/mol. The van der Waals surface area contributed by atoms with E-state index in [-0.39, 0.29) is 64.9 Å². The highest BCUT2D eigenvalue weighted by Gasteiger charge is 2.45. The van der Waals surface area contributed by atoms with E-state index < -0.39 is 30.0 Å². The standard InChI is InChI=1S/C30H40FN3O6.C2H6/c1-8-39-23-13-21-24(25(31)26(23)40-9-2)27(32)34(30(21,6)7)15-22(37)17-10-18(12-19(11-17)29(3,4)5)28(38)33-14-20(36)16-35;1-2/h10-13,20,32,35-36H,8-9,14-16H2,1-7H3,(H,33,38);1-2H3. The molecule has 0 saturated carbocycles. The van der Waals surface area contributed by atoms with Crippen molar-refractivity contribution in [3.8, 4) is 11.5 Å². The molecule has 1 amide bonds. The lowest BCUT2D eigenvalue weighted by atomic mass is 9.84. The Morgan fingerprint density at radius 3 is 2.21 bits per heavy atom. The maximum absolute atomic E-state index is 15.7. The third-order valence-corrected chi connectivity index (χ3v) is 7.01. The largest absolute Gasteiger partial charge is 0.490 e. The summed E-state index contributed by atoms with van der Waals surface area (Å²) in [5, 5.41) is 30.1. The topological polar surface area (TPSA) is 132 Å². The van der Waals surface area contributed by atoms with E-state index >= 15 is 4.39 Å². The van der Waals surface area contributed by atoms with Crippen LogP contribution in [0.1, 0.15) is 99.7 Å². The number of carbonyl (C=O) groups is 2. The summed E-state index contributed by atoms with van der Waals surface area (Å²) in [6.07, 6.45) is -1.10. The van der Waals surface area contributed by atoms with Crippen LogP contribution in [0, 0.1) is 11.2 Å². The Hall–Kier alpha value is -3.50. The molecule has 0 aliphatic carbocycles. The Kier molecular flexibility index (Phi) is 11.7. The van der Waals surface area contributed by atoms with E-state index in [1.165, 1.54) is 11.0 Å². The summed E-state index contributed by atoms with van der Waals surface area (Å²) in [6.45, 7) is 16.7. The molecule has 10 heteroatoms. The lowest BCUT2D eigenvalue weighted by Crippen LogP contribution is -2.42. The summed E-state index contributed by atoms with van der Waals surface area (Å²) >= 11 is 0. The molecule has 2 aromatic rings. The summed E-state index contributed by atoms with van der Waals surface area (Å²) in [5.41, 5.74) is 0.525. The molecule has 0 radical (unpaired) electrons. The van der Waals surface area contributed by atoms with Crippen LogP contribution in [0.3, 0.4) is 0 Å². The predicted molar refractivity (Wildman–Crippen MR) is 162 cm³/mol. The van der Waals surface area contributed by atoms with Crippen molar-refractivity contribution >= 4 is 17.5 Å². The van der Waals surface area contributed by atoms with E-state index in [9.17, 15) is 14.7 Å². The normalized spacial score (nSPS) is 14.5. The minimum Gasteiger partial charge on any atom is -0.490 e. The number of fused-ring (bicyclic) bond motifs is 1. The number of aliphatic hydroxyl groups is 2. The maximum atomic E-state index is 15.7. The summed E-state index contributed by atoms with van der Waals surface area (Å²) in [4.78, 5) is 28.1. The number of ketones is 1. The fraction of sp³-hybridized carbons (Fsp3) is 0.531. The zero-order chi connectivity index (χ0) is 32.0. The summed E-state index contributed by atoms with van der Waals surface area (Å²) < 4.78 is 26.9. The molecule has 1 aliphatic heterocycles. The molecule has 232 valence electrons. The van der Waals surface area contributed by atoms with Gasteiger partial charge in [-0.3, -0.25) is 15.0 Å². The first-order chi connectivity index (χ1) is 19.7. The second-order valence-corrected chi connectivity index (χ2v) is 11.3. The molecule has 0 bridgehead atoms. The highest BCUT2D eigenvalue weighted by Crippen LogP contribution is 2.46. The van der Waals surface area contributed by atoms with Gasteiger partial charge in [0.15, 0.2) is 23.1 Å². The zero-order valence-electron chi connectivity index (χ0n) is 26.3. The van der Waals surface area contributed by atoms with E-state index in [1.807, 2.05) is 48.5 Å². The van der Waals surface area contributed by atoms with Gasteiger partial charge in [-0.25, -0.2) is 4.39 Å². The second-order valence-electron chi connectivity index (χ2n) is 11.3. The van der Waals surface area contributed by atoms with Crippen LogP contribution in [0.4, 0.5) is 4.39 Å². The van der Waals surface area contributed by atoms with Gasteiger partial charge in [0.1, 0.15) is 5.84 Å². The van der Waals surface area contributed by atoms with Crippen LogP contribution in [0.15, 0.2) is 24.3 Å². The number of aliphatic hydroxyl groups excluding tert-OH is 2. The maximum Gasteiger partial charge on any atom is 0.251 e. The number of hydrogen-bond acceptors (Lipinski definition) is 7. The fourth-order valence-corrected chi connectivity index (χ4v) is 4.67. The van der Waals surface area contributed by atoms with Crippen LogP contribution in [-0.2, 0) is 11.0 Å². The molecule has 0 spiro atoms. The molecule has 1 aliphatic rings. The fourth-order valence-electron chi connectivity index (χ4n) is 4.67. The Morgan fingerprint density at radius 1 is 1.07 bits per heavy atom. The van der Waals surface area contributed by atoms with Crippen LogP contribution in [0.2, 0.25) is 0 Å². The van der Waals surface area contributed by atoms with E-state index in [0.717, 1.165) is 5.56 Å². The van der Waals surface area contributed by atoms with Crippen molar-refractivity contribution in [3.05, 3.63) is 57.9 Å². The molecule has 0 saturated heterocycles. The van der Waals surface area contributed by atoms with Crippen molar-refractivity contribution in [1.29, 1.82) is 5.41 Å². The first kappa shape index (κ1) is 34.7. The van der Waals surface area contributed by atoms with Crippen molar-refractivity contribution in [1.82, 2.24) is 10.2 Å². The van der Waals surface area contributed by atoms with Gasteiger partial charge in [0.2, 0.25) is 0 Å². The quantitative estimate of drug-likeness (QED) is 0.278. The number of carbonyl (C=O) groups excluding carboxylic acids is 2. The molecule has 4 N–H and O–H groups in total. The summed E-state index contributed by atoms with van der Waals surface area (Å²) in [7, 11) is 0. The number of ether oxygens (including phenoxy) is 2. The van der Waals surface area contributed by atoms with Crippen molar-refractivity contribution in [2.45, 2.75) is 79.4 Å². The van der Waals surface area contributed by atoms with Crippen molar-refractivity contribution in [3.63, 3.8) is 0 Å². The number of nitrogens with zero attached hydrogens (tertiary/aromatic N) is 1. The van der Waals surface area contributed by atoms with Gasteiger partial charge >= 0.3 is 0 Å². The molecule has 1 heterocycles. The van der Waals surface area contributed by atoms with Crippen LogP contribution < -0.4 is 14.8 Å². The van der Waals surface area contributed by atoms with Gasteiger partial charge in [-0.05, 0) is 68.5 Å². The number of hydrogen-bond donors (Lipinski definition) is 4. The van der Waals surface area contributed by atoms with Gasteiger partial charge < -0.3 is 29.9 Å². The molecular weight excluding hydrogens is 541 g/mol. The summed E-state index contributed by atoms with van der Waals surface area (Å²) in [6, 6.07) is 6.56. The molecule has 9 nitrogen and oxygen atoms in total. The smallest absolute Gasteiger partial charge is 0.251 e. The zero-order valence-corrected chi connectivity index (χ0v) is 26.3. The van der Waals surface area contributed by atoms with Crippen molar-refractivity contribution in [2.75, 3.05) is 32.9 Å². The third kappa shape index (κ3) is 7.28. The van der Waals surface area contributed by atoms with E-state index in [1.54, 1.807) is 32.0 Å². The van der Waals surface area contributed by atoms with Crippen LogP contribution in [0.25, 0.3) is 0 Å². The number of rotatable bonds is 11. The second kappa shape index (κ2) is 14.1. The van der Waals surface area contributed by atoms with Crippen LogP contribution in [-0.4, -0.2) is 71.7 Å². The number of amidine groups is 1. The molecule has 0 fully saturated rings.